The highest BCUT2D eigenvalue weighted by Crippen LogP contribution is 2.29. The molecule has 1 aliphatic heterocycles. The Bertz CT molecular complexity index is 660. The van der Waals surface area contributed by atoms with E-state index in [4.69, 9.17) is 0 Å². The molecule has 8 heteroatoms. The van der Waals surface area contributed by atoms with Crippen LogP contribution in [0.25, 0.3) is 0 Å². The summed E-state index contributed by atoms with van der Waals surface area (Å²) in [7, 11) is -3.80. The molecule has 0 bridgehead atoms. The second kappa shape index (κ2) is 5.10. The van der Waals surface area contributed by atoms with Crippen molar-refractivity contribution in [2.45, 2.75) is 25.2 Å². The molecule has 110 valence electrons. The summed E-state index contributed by atoms with van der Waals surface area (Å²) in [6.07, 6.45) is 0.751. The maximum atomic E-state index is 13.6. The first-order valence-electron chi connectivity index (χ1n) is 6.18. The molecule has 0 radical (unpaired) electrons. The van der Waals surface area contributed by atoms with Crippen LogP contribution in [-0.4, -0.2) is 30.7 Å². The van der Waals surface area contributed by atoms with Gasteiger partial charge in [-0.15, -0.1) is 0 Å². The fourth-order valence-electron chi connectivity index (χ4n) is 2.26. The predicted molar refractivity (Wildman–Crippen MR) is 70.3 cm³/mol. The highest BCUT2D eigenvalue weighted by Gasteiger charge is 2.32. The molecule has 1 atom stereocenters. The summed E-state index contributed by atoms with van der Waals surface area (Å²) in [5.41, 5.74) is -0.860. The van der Waals surface area contributed by atoms with Gasteiger partial charge in [0.05, 0.1) is 9.82 Å². The van der Waals surface area contributed by atoms with E-state index < -0.39 is 26.5 Å². The Balaban J connectivity index is 2.50. The highest BCUT2D eigenvalue weighted by molar-refractivity contribution is 7.89. The number of aryl methyl sites for hydroxylation is 1. The molecule has 1 aromatic carbocycles. The first kappa shape index (κ1) is 14.9. The van der Waals surface area contributed by atoms with Crippen LogP contribution in [0.4, 0.5) is 10.1 Å². The lowest BCUT2D eigenvalue weighted by molar-refractivity contribution is -0.387. The van der Waals surface area contributed by atoms with E-state index in [1.54, 1.807) is 0 Å². The van der Waals surface area contributed by atoms with Crippen LogP contribution in [0.1, 0.15) is 18.9 Å². The van der Waals surface area contributed by atoms with Gasteiger partial charge in [-0.25, -0.2) is 8.42 Å². The zero-order chi connectivity index (χ0) is 15.1. The quantitative estimate of drug-likeness (QED) is 0.632. The highest BCUT2D eigenvalue weighted by atomic mass is 32.2. The fraction of sp³-hybridized carbons (Fsp3) is 0.500. The van der Waals surface area contributed by atoms with Crippen LogP contribution >= 0.6 is 0 Å². The first-order valence-corrected chi connectivity index (χ1v) is 7.62. The van der Waals surface area contributed by atoms with Gasteiger partial charge < -0.3 is 0 Å². The smallest absolute Gasteiger partial charge is 0.258 e. The van der Waals surface area contributed by atoms with E-state index in [0.29, 0.717) is 13.1 Å². The van der Waals surface area contributed by atoms with Gasteiger partial charge in [0, 0.05) is 19.2 Å². The van der Waals surface area contributed by atoms with Gasteiger partial charge in [-0.1, -0.05) is 6.92 Å². The van der Waals surface area contributed by atoms with E-state index in [2.05, 4.69) is 0 Å². The summed E-state index contributed by atoms with van der Waals surface area (Å²) < 4.78 is 39.7. The van der Waals surface area contributed by atoms with Crippen molar-refractivity contribution in [2.75, 3.05) is 13.1 Å². The van der Waals surface area contributed by atoms with Crippen molar-refractivity contribution in [3.8, 4) is 0 Å². The van der Waals surface area contributed by atoms with Gasteiger partial charge in [0.2, 0.25) is 15.8 Å². The molecule has 1 aliphatic rings. The summed E-state index contributed by atoms with van der Waals surface area (Å²) in [5.74, 6) is -0.745. The predicted octanol–water partition coefficient (Wildman–Crippen LogP) is 2.07. The van der Waals surface area contributed by atoms with Crippen LogP contribution in [0.15, 0.2) is 17.0 Å². The summed E-state index contributed by atoms with van der Waals surface area (Å²) in [5, 5.41) is 10.8. The Hall–Kier alpha value is -1.54. The zero-order valence-corrected chi connectivity index (χ0v) is 12.0. The second-order valence-electron chi connectivity index (χ2n) is 5.09. The van der Waals surface area contributed by atoms with Gasteiger partial charge in [-0.2, -0.15) is 8.70 Å². The van der Waals surface area contributed by atoms with Crippen LogP contribution in [0.2, 0.25) is 0 Å². The lowest BCUT2D eigenvalue weighted by Crippen LogP contribution is -2.28. The molecule has 2 rings (SSSR count). The van der Waals surface area contributed by atoms with Crippen molar-refractivity contribution in [1.29, 1.82) is 0 Å². The van der Waals surface area contributed by atoms with Crippen LogP contribution in [-0.2, 0) is 10.0 Å². The molecule has 1 heterocycles. The third kappa shape index (κ3) is 2.53. The number of nitro benzene ring substituents is 1. The lowest BCUT2D eigenvalue weighted by atomic mass is 10.2. The van der Waals surface area contributed by atoms with E-state index in [1.165, 1.54) is 11.2 Å². The maximum Gasteiger partial charge on any atom is 0.306 e. The number of nitrogens with zero attached hydrogens (tertiary/aromatic N) is 2. The molecule has 0 aromatic heterocycles. The monoisotopic (exact) mass is 302 g/mol. The first-order chi connectivity index (χ1) is 9.23. The maximum absolute atomic E-state index is 13.6. The van der Waals surface area contributed by atoms with Crippen molar-refractivity contribution >= 4 is 15.7 Å². The van der Waals surface area contributed by atoms with Crippen molar-refractivity contribution < 1.29 is 17.7 Å². The number of benzene rings is 1. The largest absolute Gasteiger partial charge is 0.306 e. The van der Waals surface area contributed by atoms with Crippen molar-refractivity contribution in [3.63, 3.8) is 0 Å². The van der Waals surface area contributed by atoms with Gasteiger partial charge in [0.15, 0.2) is 0 Å². The third-order valence-electron chi connectivity index (χ3n) is 3.43. The Morgan fingerprint density at radius 2 is 2.10 bits per heavy atom. The van der Waals surface area contributed by atoms with Crippen LogP contribution < -0.4 is 0 Å². The minimum atomic E-state index is -3.80. The molecule has 1 saturated heterocycles. The summed E-state index contributed by atoms with van der Waals surface area (Å²) in [6.45, 7) is 4.02. The molecule has 20 heavy (non-hydrogen) atoms. The van der Waals surface area contributed by atoms with Crippen molar-refractivity contribution in [2.24, 2.45) is 5.92 Å². The van der Waals surface area contributed by atoms with Gasteiger partial charge in [-0.3, -0.25) is 10.1 Å². The molecule has 0 aliphatic carbocycles. The van der Waals surface area contributed by atoms with E-state index in [-0.39, 0.29) is 16.4 Å². The Morgan fingerprint density at radius 1 is 1.45 bits per heavy atom. The van der Waals surface area contributed by atoms with E-state index >= 15 is 0 Å². The van der Waals surface area contributed by atoms with Crippen LogP contribution in [0.5, 0.6) is 0 Å². The summed E-state index contributed by atoms with van der Waals surface area (Å²) >= 11 is 0. The number of halogens is 1. The number of nitro groups is 1. The number of rotatable bonds is 3. The standard InChI is InChI=1S/C12H15FN2O4S/c1-8-3-4-14(7-8)20(18,19)10-5-9(2)12(13)11(6-10)15(16)17/h5-6,8H,3-4,7H2,1-2H3. The van der Waals surface area contributed by atoms with E-state index in [9.17, 15) is 22.9 Å². The Labute approximate surface area is 116 Å². The molecule has 1 aromatic rings. The molecule has 6 nitrogen and oxygen atoms in total. The normalized spacial score (nSPS) is 20.2. The summed E-state index contributed by atoms with van der Waals surface area (Å²) in [6, 6.07) is 1.93. The topological polar surface area (TPSA) is 80.5 Å². The molecule has 0 saturated carbocycles. The molecule has 0 N–H and O–H groups in total. The zero-order valence-electron chi connectivity index (χ0n) is 11.2. The molecule has 1 unspecified atom stereocenters. The van der Waals surface area contributed by atoms with Crippen molar-refractivity contribution in [3.05, 3.63) is 33.6 Å². The molecular weight excluding hydrogens is 287 g/mol. The minimum absolute atomic E-state index is 0.0509. The number of hydrogen-bond acceptors (Lipinski definition) is 4. The van der Waals surface area contributed by atoms with Gasteiger partial charge in [-0.05, 0) is 30.9 Å². The second-order valence-corrected chi connectivity index (χ2v) is 7.03. The van der Waals surface area contributed by atoms with Crippen LogP contribution in [0, 0.1) is 28.8 Å². The van der Waals surface area contributed by atoms with E-state index in [0.717, 1.165) is 18.6 Å². The number of sulfonamides is 1. The fourth-order valence-corrected chi connectivity index (χ4v) is 3.94. The molecule has 0 amide bonds. The molecular formula is C12H15FN2O4S. The number of hydrogen-bond donors (Lipinski definition) is 0. The van der Waals surface area contributed by atoms with Gasteiger partial charge in [0.25, 0.3) is 0 Å². The Kier molecular flexibility index (Phi) is 3.79. The van der Waals surface area contributed by atoms with Gasteiger partial charge in [0.1, 0.15) is 0 Å². The molecule has 0 spiro atoms. The van der Waals surface area contributed by atoms with Crippen LogP contribution in [0.3, 0.4) is 0 Å². The average Bonchev–Trinajstić information content (AvgIpc) is 2.79. The lowest BCUT2D eigenvalue weighted by Gasteiger charge is -2.16. The summed E-state index contributed by atoms with van der Waals surface area (Å²) in [4.78, 5) is 9.65. The van der Waals surface area contributed by atoms with Gasteiger partial charge >= 0.3 is 5.69 Å². The SMILES string of the molecule is Cc1cc(S(=O)(=O)N2CCC(C)C2)cc([N+](=O)[O-])c1F. The Morgan fingerprint density at radius 3 is 2.60 bits per heavy atom. The minimum Gasteiger partial charge on any atom is -0.258 e. The van der Waals surface area contributed by atoms with E-state index in [1.807, 2.05) is 6.92 Å². The molecule has 1 fully saturated rings. The third-order valence-corrected chi connectivity index (χ3v) is 5.27. The van der Waals surface area contributed by atoms with Crippen molar-refractivity contribution in [1.82, 2.24) is 4.31 Å². The average molecular weight is 302 g/mol.